The van der Waals surface area contributed by atoms with Crippen LogP contribution in [0.3, 0.4) is 0 Å². The molecule has 4 atom stereocenters. The number of nitrogens with zero attached hydrogens (tertiary/aromatic N) is 1. The van der Waals surface area contributed by atoms with Crippen molar-refractivity contribution in [2.75, 3.05) is 20.3 Å². The minimum absolute atomic E-state index is 0.0511. The van der Waals surface area contributed by atoms with E-state index < -0.39 is 53.3 Å². The van der Waals surface area contributed by atoms with Crippen LogP contribution in [0, 0.1) is 0 Å². The zero-order valence-electron chi connectivity index (χ0n) is 32.9. The van der Waals surface area contributed by atoms with E-state index in [1.54, 1.807) is 92.0 Å². The molecule has 0 saturated carbocycles. The molecule has 1 amide bonds. The zero-order chi connectivity index (χ0) is 43.5. The molecule has 1 aliphatic heterocycles. The smallest absolute Gasteiger partial charge is 0.317 e. The Bertz CT molecular complexity index is 2370. The summed E-state index contributed by atoms with van der Waals surface area (Å²) < 4.78 is 28.3. The number of aromatic nitrogens is 1. The Morgan fingerprint density at radius 1 is 0.787 bits per heavy atom. The van der Waals surface area contributed by atoms with Crippen molar-refractivity contribution in [1.29, 1.82) is 0 Å². The van der Waals surface area contributed by atoms with E-state index in [1.807, 2.05) is 6.07 Å². The molecule has 2 heterocycles. The number of aliphatic hydroxyl groups is 1. The molecule has 0 aliphatic carbocycles. The highest BCUT2D eigenvalue weighted by atomic mass is 32.2. The van der Waals surface area contributed by atoms with E-state index >= 15 is 0 Å². The number of rotatable bonds is 20. The van der Waals surface area contributed by atoms with Gasteiger partial charge in [-0.2, -0.15) is 0 Å². The van der Waals surface area contributed by atoms with Crippen molar-refractivity contribution in [3.05, 3.63) is 134 Å². The lowest BCUT2D eigenvalue weighted by Crippen LogP contribution is -2.39. The molecule has 6 rings (SSSR count). The van der Waals surface area contributed by atoms with Crippen LogP contribution in [0.2, 0.25) is 0 Å². The highest BCUT2D eigenvalue weighted by Gasteiger charge is 2.42. The van der Waals surface area contributed by atoms with Crippen LogP contribution in [0.25, 0.3) is 0 Å². The number of carbonyl (C=O) groups is 4. The van der Waals surface area contributed by atoms with Crippen molar-refractivity contribution in [2.45, 2.75) is 56.3 Å². The second-order valence-electron chi connectivity index (χ2n) is 13.6. The quantitative estimate of drug-likeness (QED) is 0.0627. The number of aromatic amines is 1. The number of thiazole rings is 1. The first kappa shape index (κ1) is 44.1. The van der Waals surface area contributed by atoms with Crippen LogP contribution in [0.1, 0.15) is 59.1 Å². The van der Waals surface area contributed by atoms with Crippen LogP contribution in [0.15, 0.2) is 102 Å². The summed E-state index contributed by atoms with van der Waals surface area (Å²) in [7, 11) is 1.55. The first-order chi connectivity index (χ1) is 29.3. The third kappa shape index (κ3) is 12.5. The number of hydroxylamine groups is 2. The van der Waals surface area contributed by atoms with Gasteiger partial charge >= 0.3 is 28.0 Å². The Kier molecular flexibility index (Phi) is 14.9. The summed E-state index contributed by atoms with van der Waals surface area (Å²) in [6.45, 7) is 1.20. The van der Waals surface area contributed by atoms with E-state index in [4.69, 9.17) is 33.6 Å². The number of carboxylic acids is 1. The van der Waals surface area contributed by atoms with Gasteiger partial charge in [0.05, 0.1) is 30.1 Å². The minimum Gasteiger partial charge on any atom is -0.497 e. The molecule has 4 unspecified atom stereocenters. The zero-order valence-corrected chi connectivity index (χ0v) is 34.5. The number of esters is 2. The lowest BCUT2D eigenvalue weighted by atomic mass is 10.1. The third-order valence-corrected chi connectivity index (χ3v) is 11.1. The number of methoxy groups -OCH3 is 1. The minimum atomic E-state index is -1.33. The van der Waals surface area contributed by atoms with Crippen molar-refractivity contribution in [2.24, 2.45) is 0 Å². The molecule has 1 aromatic heterocycles. The highest BCUT2D eigenvalue weighted by molar-refractivity contribution is 8.14. The summed E-state index contributed by atoms with van der Waals surface area (Å²) in [5.41, 5.74) is 2.73. The van der Waals surface area contributed by atoms with Crippen LogP contribution in [-0.4, -0.2) is 80.3 Å². The molecule has 0 spiro atoms. The number of H-pyrrole nitrogens is 1. The molecule has 4 aromatic carbocycles. The van der Waals surface area contributed by atoms with Crippen molar-refractivity contribution in [3.63, 3.8) is 0 Å². The molecular weight excluding hydrogens is 833 g/mol. The van der Waals surface area contributed by atoms with E-state index in [-0.39, 0.29) is 36.1 Å². The Morgan fingerprint density at radius 2 is 1.38 bits per heavy atom. The van der Waals surface area contributed by atoms with Gasteiger partial charge in [0, 0.05) is 13.3 Å². The number of aromatic hydroxyl groups is 1. The number of aliphatic hydroxyl groups excluding tert-OH is 1. The van der Waals surface area contributed by atoms with E-state index in [9.17, 15) is 34.2 Å². The average Bonchev–Trinajstić information content (AvgIpc) is 3.70. The molecule has 18 heteroatoms. The Hall–Kier alpha value is -6.50. The fraction of sp³-hybridized carbons (Fsp3) is 0.279. The van der Waals surface area contributed by atoms with Gasteiger partial charge in [0.25, 0.3) is 0 Å². The summed E-state index contributed by atoms with van der Waals surface area (Å²) in [5, 5.41) is 30.0. The number of aliphatic carboxylic acids is 1. The third-order valence-electron chi connectivity index (χ3n) is 9.18. The van der Waals surface area contributed by atoms with E-state index in [0.29, 0.717) is 46.1 Å². The van der Waals surface area contributed by atoms with E-state index in [2.05, 4.69) is 4.98 Å². The standard InChI is InChI=1S/C43H42N2O14S2/c1-25(46)57-34(28-5-3-7-32(21-28)54-2)23-55-30-15-11-27(12-16-30)20-37-41(51)45(43(53)61-37)59-33-8-4-6-29(22-33)35(58-39(49)18-17-38(47)48)24-56-31-13-9-26(10-14-31)19-36-40(50)44-42(52)60-36/h3-16,21-22,34-35,37,41,50-51H,17-20,23-24H2,1-2H3,(H,44,52)(H,47,48). The maximum absolute atomic E-state index is 13.1. The van der Waals surface area contributed by atoms with Crippen LogP contribution in [0.5, 0.6) is 28.9 Å². The van der Waals surface area contributed by atoms with Gasteiger partial charge in [0.2, 0.25) is 5.88 Å². The van der Waals surface area contributed by atoms with Crippen molar-refractivity contribution in [1.82, 2.24) is 10.0 Å². The van der Waals surface area contributed by atoms with Crippen molar-refractivity contribution >= 4 is 46.2 Å². The van der Waals surface area contributed by atoms with Crippen LogP contribution in [0.4, 0.5) is 4.79 Å². The Balaban J connectivity index is 1.07. The van der Waals surface area contributed by atoms with E-state index in [0.717, 1.165) is 39.3 Å². The Labute approximate surface area is 357 Å². The number of hydrogen-bond acceptors (Lipinski definition) is 15. The molecule has 320 valence electrons. The molecule has 0 radical (unpaired) electrons. The Morgan fingerprint density at radius 3 is 1.95 bits per heavy atom. The summed E-state index contributed by atoms with van der Waals surface area (Å²) in [5.74, 6) is -0.871. The van der Waals surface area contributed by atoms with Crippen molar-refractivity contribution < 1.29 is 63.0 Å². The summed E-state index contributed by atoms with van der Waals surface area (Å²) in [6, 6.07) is 27.4. The number of nitrogens with one attached hydrogen (secondary N) is 1. The number of ether oxygens (including phenoxy) is 5. The van der Waals surface area contributed by atoms with Crippen molar-refractivity contribution in [3.8, 4) is 28.9 Å². The largest absolute Gasteiger partial charge is 0.497 e. The van der Waals surface area contributed by atoms with E-state index in [1.165, 1.54) is 13.0 Å². The fourth-order valence-electron chi connectivity index (χ4n) is 6.15. The summed E-state index contributed by atoms with van der Waals surface area (Å²) in [6.07, 6.45) is -3.22. The SMILES string of the molecule is COc1cccc(C(COc2ccc(CC3SC(=O)N(Oc4cccc(C(COc5ccc(Cc6sc(=O)[nH]c6O)cc5)OC(=O)CCC(=O)O)c4)C3O)cc2)OC(C)=O)c1. The summed E-state index contributed by atoms with van der Waals surface area (Å²) >= 11 is 1.82. The second kappa shape index (κ2) is 20.7. The second-order valence-corrected chi connectivity index (χ2v) is 15.9. The molecular formula is C43H42N2O14S2. The first-order valence-corrected chi connectivity index (χ1v) is 20.6. The summed E-state index contributed by atoms with van der Waals surface area (Å²) in [4.78, 5) is 68.6. The number of benzene rings is 4. The van der Waals surface area contributed by atoms with Gasteiger partial charge in [-0.3, -0.25) is 29.0 Å². The number of amides is 1. The maximum Gasteiger partial charge on any atom is 0.317 e. The van der Waals surface area contributed by atoms with Gasteiger partial charge < -0.3 is 43.8 Å². The number of thioether (sulfide) groups is 1. The number of carbonyl (C=O) groups excluding carboxylic acids is 3. The molecule has 5 aromatic rings. The molecule has 0 bridgehead atoms. The molecule has 1 fully saturated rings. The first-order valence-electron chi connectivity index (χ1n) is 18.9. The van der Waals surface area contributed by atoms with Gasteiger partial charge in [-0.25, -0.2) is 0 Å². The monoisotopic (exact) mass is 874 g/mol. The van der Waals surface area contributed by atoms with Crippen LogP contribution < -0.4 is 23.9 Å². The predicted molar refractivity (Wildman–Crippen MR) is 222 cm³/mol. The van der Waals surface area contributed by atoms with Crippen LogP contribution in [-0.2, 0) is 36.7 Å². The highest BCUT2D eigenvalue weighted by Crippen LogP contribution is 2.35. The molecule has 61 heavy (non-hydrogen) atoms. The maximum atomic E-state index is 13.1. The average molecular weight is 875 g/mol. The van der Waals surface area contributed by atoms with Gasteiger partial charge in [0.1, 0.15) is 30.5 Å². The molecule has 1 aliphatic rings. The molecule has 1 saturated heterocycles. The number of hydrogen-bond donors (Lipinski definition) is 4. The topological polar surface area (TPSA) is 220 Å². The van der Waals surface area contributed by atoms with Gasteiger partial charge in [-0.05, 0) is 77.2 Å². The van der Waals surface area contributed by atoms with Crippen LogP contribution >= 0.6 is 23.1 Å². The van der Waals surface area contributed by atoms with Gasteiger partial charge in [0.15, 0.2) is 24.2 Å². The normalized spacial score (nSPS) is 15.7. The molecule has 16 nitrogen and oxygen atoms in total. The predicted octanol–water partition coefficient (Wildman–Crippen LogP) is 6.35. The lowest BCUT2D eigenvalue weighted by molar-refractivity contribution is -0.153. The lowest BCUT2D eigenvalue weighted by Gasteiger charge is -2.23. The van der Waals surface area contributed by atoms with Gasteiger partial charge in [-0.15, -0.1) is 5.06 Å². The fourth-order valence-corrected chi connectivity index (χ4v) is 7.92. The molecule has 4 N–H and O–H groups in total. The number of carboxylic acid groups (broad SMARTS) is 1. The van der Waals surface area contributed by atoms with Gasteiger partial charge in [-0.1, -0.05) is 71.6 Å².